The van der Waals surface area contributed by atoms with Crippen LogP contribution in [-0.2, 0) is 4.79 Å². The second-order valence-electron chi connectivity index (χ2n) is 8.09. The molecule has 0 aromatic heterocycles. The van der Waals surface area contributed by atoms with Crippen LogP contribution in [0.5, 0.6) is 5.75 Å². The molecule has 5 nitrogen and oxygen atoms in total. The zero-order valence-electron chi connectivity index (χ0n) is 16.6. The molecular formula is C21H33N3O2. The number of methoxy groups -OCH3 is 1. The van der Waals surface area contributed by atoms with Crippen molar-refractivity contribution in [3.63, 3.8) is 0 Å². The first kappa shape index (κ1) is 19.0. The van der Waals surface area contributed by atoms with Gasteiger partial charge >= 0.3 is 0 Å². The van der Waals surface area contributed by atoms with Crippen molar-refractivity contribution in [1.29, 1.82) is 0 Å². The van der Waals surface area contributed by atoms with Gasteiger partial charge in [-0.25, -0.2) is 0 Å². The van der Waals surface area contributed by atoms with Crippen LogP contribution in [0.4, 0.5) is 5.69 Å². The molecule has 3 rings (SSSR count). The van der Waals surface area contributed by atoms with Crippen LogP contribution in [0.25, 0.3) is 0 Å². The molecule has 1 N–H and O–H groups in total. The lowest BCUT2D eigenvalue weighted by atomic mass is 9.91. The van der Waals surface area contributed by atoms with Crippen molar-refractivity contribution in [2.24, 2.45) is 11.8 Å². The molecule has 5 heteroatoms. The number of benzene rings is 1. The number of piperidine rings is 1. The summed E-state index contributed by atoms with van der Waals surface area (Å²) in [6, 6.07) is 9.26. The summed E-state index contributed by atoms with van der Waals surface area (Å²) in [5, 5.41) is 3.18. The summed E-state index contributed by atoms with van der Waals surface area (Å²) in [6.45, 7) is 10.4. The van der Waals surface area contributed by atoms with E-state index in [1.807, 2.05) is 6.07 Å². The molecule has 2 fully saturated rings. The van der Waals surface area contributed by atoms with Gasteiger partial charge in [0.1, 0.15) is 5.75 Å². The number of nitrogens with one attached hydrogen (secondary N) is 1. The summed E-state index contributed by atoms with van der Waals surface area (Å²) in [7, 11) is 1.72. The largest absolute Gasteiger partial charge is 0.497 e. The third-order valence-electron chi connectivity index (χ3n) is 6.04. The van der Waals surface area contributed by atoms with E-state index in [1.165, 1.54) is 18.5 Å². The van der Waals surface area contributed by atoms with E-state index in [0.29, 0.717) is 23.9 Å². The Bertz CT molecular complexity index is 611. The Labute approximate surface area is 157 Å². The minimum Gasteiger partial charge on any atom is -0.497 e. The van der Waals surface area contributed by atoms with E-state index in [-0.39, 0.29) is 5.91 Å². The SMILES string of the molecule is COc1cccc(N2CCC(N3CC(NC(C)=O)C(C(C)C)C3)CC2)c1. The quantitative estimate of drug-likeness (QED) is 0.878. The number of rotatable bonds is 5. The Morgan fingerprint density at radius 2 is 1.96 bits per heavy atom. The molecule has 1 amide bonds. The normalized spacial score (nSPS) is 24.9. The Morgan fingerprint density at radius 3 is 2.58 bits per heavy atom. The molecule has 144 valence electrons. The predicted molar refractivity (Wildman–Crippen MR) is 106 cm³/mol. The molecule has 2 aliphatic rings. The molecule has 0 radical (unpaired) electrons. The summed E-state index contributed by atoms with van der Waals surface area (Å²) in [4.78, 5) is 16.6. The fourth-order valence-corrected chi connectivity index (χ4v) is 4.54. The topological polar surface area (TPSA) is 44.8 Å². The lowest BCUT2D eigenvalue weighted by molar-refractivity contribution is -0.119. The van der Waals surface area contributed by atoms with Crippen LogP contribution in [0.2, 0.25) is 0 Å². The Balaban J connectivity index is 1.58. The smallest absolute Gasteiger partial charge is 0.217 e. The number of amides is 1. The molecule has 0 aliphatic carbocycles. The summed E-state index contributed by atoms with van der Waals surface area (Å²) in [6.07, 6.45) is 2.35. The van der Waals surface area contributed by atoms with Gasteiger partial charge in [0.05, 0.1) is 7.11 Å². The average Bonchev–Trinajstić information content (AvgIpc) is 3.05. The molecule has 2 aliphatic heterocycles. The summed E-state index contributed by atoms with van der Waals surface area (Å²) < 4.78 is 5.36. The minimum absolute atomic E-state index is 0.0929. The molecule has 2 unspecified atom stereocenters. The summed E-state index contributed by atoms with van der Waals surface area (Å²) in [5.41, 5.74) is 1.25. The lowest BCUT2D eigenvalue weighted by Gasteiger charge is -2.38. The maximum Gasteiger partial charge on any atom is 0.217 e. The molecule has 26 heavy (non-hydrogen) atoms. The molecule has 2 atom stereocenters. The summed E-state index contributed by atoms with van der Waals surface area (Å²) >= 11 is 0. The van der Waals surface area contributed by atoms with E-state index in [2.05, 4.69) is 47.2 Å². The van der Waals surface area contributed by atoms with Crippen LogP contribution in [-0.4, -0.2) is 56.2 Å². The third kappa shape index (κ3) is 4.32. The van der Waals surface area contributed by atoms with Gasteiger partial charge in [0.15, 0.2) is 0 Å². The van der Waals surface area contributed by atoms with Crippen molar-refractivity contribution in [3.05, 3.63) is 24.3 Å². The van der Waals surface area contributed by atoms with Gasteiger partial charge in [0, 0.05) is 56.9 Å². The van der Waals surface area contributed by atoms with Gasteiger partial charge in [-0.15, -0.1) is 0 Å². The first-order chi connectivity index (χ1) is 12.5. The number of ether oxygens (including phenoxy) is 1. The van der Waals surface area contributed by atoms with Crippen LogP contribution in [0, 0.1) is 11.8 Å². The van der Waals surface area contributed by atoms with E-state index < -0.39 is 0 Å². The van der Waals surface area contributed by atoms with E-state index in [9.17, 15) is 4.79 Å². The molecule has 0 bridgehead atoms. The number of anilines is 1. The van der Waals surface area contributed by atoms with Crippen molar-refractivity contribution < 1.29 is 9.53 Å². The second-order valence-corrected chi connectivity index (χ2v) is 8.09. The number of carbonyl (C=O) groups is 1. The molecular weight excluding hydrogens is 326 g/mol. The van der Waals surface area contributed by atoms with E-state index in [1.54, 1.807) is 14.0 Å². The van der Waals surface area contributed by atoms with Crippen molar-refractivity contribution in [3.8, 4) is 5.75 Å². The van der Waals surface area contributed by atoms with Gasteiger partial charge in [-0.05, 0) is 36.8 Å². The lowest BCUT2D eigenvalue weighted by Crippen LogP contribution is -2.45. The number of likely N-dealkylation sites (tertiary alicyclic amines) is 1. The maximum absolute atomic E-state index is 11.6. The minimum atomic E-state index is 0.0929. The van der Waals surface area contributed by atoms with Crippen LogP contribution >= 0.6 is 0 Å². The van der Waals surface area contributed by atoms with E-state index in [4.69, 9.17) is 4.74 Å². The average molecular weight is 360 g/mol. The predicted octanol–water partition coefficient (Wildman–Crippen LogP) is 2.76. The molecule has 0 spiro atoms. The highest BCUT2D eigenvalue weighted by molar-refractivity contribution is 5.73. The highest BCUT2D eigenvalue weighted by Gasteiger charge is 2.38. The monoisotopic (exact) mass is 359 g/mol. The molecule has 1 aromatic carbocycles. The maximum atomic E-state index is 11.6. The van der Waals surface area contributed by atoms with E-state index in [0.717, 1.165) is 31.9 Å². The van der Waals surface area contributed by atoms with Gasteiger partial charge in [0.2, 0.25) is 5.91 Å². The van der Waals surface area contributed by atoms with Crippen molar-refractivity contribution >= 4 is 11.6 Å². The van der Waals surface area contributed by atoms with Crippen LogP contribution in [0.3, 0.4) is 0 Å². The second kappa shape index (κ2) is 8.30. The van der Waals surface area contributed by atoms with Crippen molar-refractivity contribution in [2.45, 2.75) is 45.7 Å². The summed E-state index contributed by atoms with van der Waals surface area (Å²) in [5.74, 6) is 2.15. The van der Waals surface area contributed by atoms with Gasteiger partial charge in [-0.3, -0.25) is 9.69 Å². The Morgan fingerprint density at radius 1 is 1.23 bits per heavy atom. The molecule has 2 saturated heterocycles. The number of hydrogen-bond donors (Lipinski definition) is 1. The van der Waals surface area contributed by atoms with Gasteiger partial charge < -0.3 is 15.0 Å². The Hall–Kier alpha value is -1.75. The number of hydrogen-bond acceptors (Lipinski definition) is 4. The first-order valence-electron chi connectivity index (χ1n) is 9.88. The van der Waals surface area contributed by atoms with Crippen LogP contribution in [0.15, 0.2) is 24.3 Å². The van der Waals surface area contributed by atoms with Crippen molar-refractivity contribution in [1.82, 2.24) is 10.2 Å². The molecule has 1 aromatic rings. The fraction of sp³-hybridized carbons (Fsp3) is 0.667. The zero-order chi connectivity index (χ0) is 18.7. The fourth-order valence-electron chi connectivity index (χ4n) is 4.54. The molecule has 0 saturated carbocycles. The van der Waals surface area contributed by atoms with Crippen LogP contribution < -0.4 is 15.0 Å². The van der Waals surface area contributed by atoms with Gasteiger partial charge in [0.25, 0.3) is 0 Å². The number of carbonyl (C=O) groups excluding carboxylic acids is 1. The van der Waals surface area contributed by atoms with Crippen LogP contribution in [0.1, 0.15) is 33.6 Å². The number of nitrogens with zero attached hydrogens (tertiary/aromatic N) is 2. The Kier molecular flexibility index (Phi) is 6.07. The van der Waals surface area contributed by atoms with Gasteiger partial charge in [-0.1, -0.05) is 19.9 Å². The highest BCUT2D eigenvalue weighted by atomic mass is 16.5. The van der Waals surface area contributed by atoms with Gasteiger partial charge in [-0.2, -0.15) is 0 Å². The first-order valence-corrected chi connectivity index (χ1v) is 9.88. The molecule has 2 heterocycles. The highest BCUT2D eigenvalue weighted by Crippen LogP contribution is 2.31. The standard InChI is InChI=1S/C21H33N3O2/c1-15(2)20-13-24(14-21(20)22-16(3)25)17-8-10-23(11-9-17)18-6-5-7-19(12-18)26-4/h5-7,12,15,17,20-21H,8-11,13-14H2,1-4H3,(H,22,25). The third-order valence-corrected chi connectivity index (χ3v) is 6.04. The van der Waals surface area contributed by atoms with E-state index >= 15 is 0 Å². The van der Waals surface area contributed by atoms with Crippen molar-refractivity contribution in [2.75, 3.05) is 38.2 Å². The zero-order valence-corrected chi connectivity index (χ0v) is 16.6.